The summed E-state index contributed by atoms with van der Waals surface area (Å²) in [5.41, 5.74) is 0. The van der Waals surface area contributed by atoms with Gasteiger partial charge in [-0.05, 0) is 53.4 Å². The van der Waals surface area contributed by atoms with E-state index < -0.39 is 0 Å². The van der Waals surface area contributed by atoms with E-state index in [1.807, 2.05) is 47.0 Å². The van der Waals surface area contributed by atoms with E-state index >= 15 is 0 Å². The molecule has 0 heterocycles. The molecule has 32 heavy (non-hydrogen) atoms. The second kappa shape index (κ2) is 19.7. The van der Waals surface area contributed by atoms with Crippen molar-refractivity contribution in [2.45, 2.75) is 12.8 Å². The van der Waals surface area contributed by atoms with Crippen LogP contribution < -0.4 is 9.47 Å². The second-order valence-corrected chi connectivity index (χ2v) is 12.7. The number of ether oxygens (including phenoxy) is 2. The molecule has 0 fully saturated rings. The third kappa shape index (κ3) is 12.2. The Kier molecular flexibility index (Phi) is 17.6. The molecule has 0 saturated heterocycles. The molecule has 0 aliphatic rings. The topological polar surface area (TPSA) is 18.5 Å². The van der Waals surface area contributed by atoms with Crippen molar-refractivity contribution in [3.05, 3.63) is 36.4 Å². The largest absolute Gasteiger partial charge is 0.493 e. The van der Waals surface area contributed by atoms with Crippen molar-refractivity contribution in [2.75, 3.05) is 70.7 Å². The van der Waals surface area contributed by atoms with Gasteiger partial charge in [-0.15, -0.1) is 0 Å². The minimum absolute atomic E-state index is 0.742. The summed E-state index contributed by atoms with van der Waals surface area (Å²) in [6.07, 6.45) is 2.12. The minimum Gasteiger partial charge on any atom is -0.493 e. The molecule has 0 aromatic heterocycles. The van der Waals surface area contributed by atoms with Crippen LogP contribution in [0.25, 0.3) is 10.8 Å². The van der Waals surface area contributed by atoms with Crippen LogP contribution in [0.3, 0.4) is 0 Å². The number of fused-ring (bicyclic) bond motifs is 1. The molecule has 180 valence electrons. The van der Waals surface area contributed by atoms with Crippen LogP contribution in [-0.4, -0.2) is 70.7 Å². The van der Waals surface area contributed by atoms with E-state index in [1.165, 1.54) is 28.4 Å². The summed E-state index contributed by atoms with van der Waals surface area (Å²) >= 11 is 16.5. The molecule has 8 heteroatoms. The van der Waals surface area contributed by atoms with Gasteiger partial charge in [0.2, 0.25) is 0 Å². The van der Waals surface area contributed by atoms with Crippen LogP contribution in [0.1, 0.15) is 12.8 Å². The summed E-state index contributed by atoms with van der Waals surface area (Å²) in [7, 11) is 0. The fraction of sp³-hybridized carbons (Fsp3) is 0.583. The van der Waals surface area contributed by atoms with Gasteiger partial charge in [-0.3, -0.25) is 0 Å². The molecule has 0 radical (unpaired) electrons. The molecule has 0 saturated carbocycles. The van der Waals surface area contributed by atoms with Crippen LogP contribution in [0.4, 0.5) is 0 Å². The molecule has 2 nitrogen and oxygen atoms in total. The van der Waals surface area contributed by atoms with Crippen molar-refractivity contribution in [1.82, 2.24) is 0 Å². The van der Waals surface area contributed by atoms with Gasteiger partial charge >= 0.3 is 0 Å². The number of thiol groups is 2. The highest BCUT2D eigenvalue weighted by atomic mass is 32.2. The molecule has 0 atom stereocenters. The van der Waals surface area contributed by atoms with Gasteiger partial charge in [0.25, 0.3) is 0 Å². The van der Waals surface area contributed by atoms with Crippen molar-refractivity contribution in [2.24, 2.45) is 0 Å². The Labute approximate surface area is 222 Å². The second-order valence-electron chi connectivity index (χ2n) is 6.91. The lowest BCUT2D eigenvalue weighted by molar-refractivity contribution is 0.311. The van der Waals surface area contributed by atoms with Gasteiger partial charge < -0.3 is 9.47 Å². The molecule has 0 aliphatic heterocycles. The standard InChI is InChI=1S/C24H36O2S6/c27-11-15-31-19-17-29-13-3-9-25-22-7-1-5-21-6-2-8-23(24(21)22)26-10-4-14-30-18-20-32-16-12-28/h1-2,5-8,27-28H,3-4,9-20H2. The summed E-state index contributed by atoms with van der Waals surface area (Å²) in [4.78, 5) is 0. The number of benzene rings is 2. The van der Waals surface area contributed by atoms with Crippen LogP contribution in [0.2, 0.25) is 0 Å². The molecule has 2 aromatic rings. The first-order valence-electron chi connectivity index (χ1n) is 11.2. The fourth-order valence-electron chi connectivity index (χ4n) is 2.97. The van der Waals surface area contributed by atoms with Gasteiger partial charge in [0.05, 0.1) is 18.6 Å². The Morgan fingerprint density at radius 3 is 1.44 bits per heavy atom. The number of hydrogen-bond donors (Lipinski definition) is 2. The highest BCUT2D eigenvalue weighted by Gasteiger charge is 2.09. The maximum atomic E-state index is 6.18. The summed E-state index contributed by atoms with van der Waals surface area (Å²) < 4.78 is 12.4. The van der Waals surface area contributed by atoms with Gasteiger partial charge in [-0.1, -0.05) is 24.3 Å². The first-order valence-corrected chi connectivity index (χ1v) is 17.0. The molecule has 2 aromatic carbocycles. The SMILES string of the molecule is SCCSCCSCCCOc1cccc2cccc(OCCCSCCSCCS)c12. The van der Waals surface area contributed by atoms with E-state index in [9.17, 15) is 0 Å². The zero-order valence-corrected chi connectivity index (χ0v) is 23.8. The third-order valence-electron chi connectivity index (χ3n) is 4.42. The summed E-state index contributed by atoms with van der Waals surface area (Å²) in [6, 6.07) is 12.5. The van der Waals surface area contributed by atoms with E-state index in [2.05, 4.69) is 61.7 Å². The lowest BCUT2D eigenvalue weighted by Crippen LogP contribution is -2.03. The monoisotopic (exact) mass is 548 g/mol. The highest BCUT2D eigenvalue weighted by molar-refractivity contribution is 8.03. The Bertz CT molecular complexity index is 674. The Hall–Kier alpha value is 0.400. The average Bonchev–Trinajstić information content (AvgIpc) is 2.82. The van der Waals surface area contributed by atoms with Gasteiger partial charge in [0.1, 0.15) is 11.5 Å². The van der Waals surface area contributed by atoms with Crippen LogP contribution in [0.15, 0.2) is 36.4 Å². The molecule has 0 aliphatic carbocycles. The van der Waals surface area contributed by atoms with Gasteiger partial charge in [0.15, 0.2) is 0 Å². The molecule has 0 unspecified atom stereocenters. The fourth-order valence-corrected chi connectivity index (χ4v) is 7.35. The Balaban J connectivity index is 1.72. The van der Waals surface area contributed by atoms with Crippen molar-refractivity contribution in [3.63, 3.8) is 0 Å². The molecule has 0 bridgehead atoms. The van der Waals surface area contributed by atoms with E-state index in [-0.39, 0.29) is 0 Å². The van der Waals surface area contributed by atoms with Crippen molar-refractivity contribution < 1.29 is 9.47 Å². The van der Waals surface area contributed by atoms with Crippen molar-refractivity contribution in [1.29, 1.82) is 0 Å². The predicted octanol–water partition coefficient (Wildman–Crippen LogP) is 7.17. The van der Waals surface area contributed by atoms with Crippen molar-refractivity contribution >= 4 is 83.1 Å². The van der Waals surface area contributed by atoms with Gasteiger partial charge in [-0.25, -0.2) is 0 Å². The first-order chi connectivity index (χ1) is 15.9. The molecule has 0 amide bonds. The van der Waals surface area contributed by atoms with Gasteiger partial charge in [0, 0.05) is 34.5 Å². The zero-order chi connectivity index (χ0) is 22.7. The van der Waals surface area contributed by atoms with Crippen LogP contribution >= 0.6 is 72.3 Å². The van der Waals surface area contributed by atoms with E-state index in [0.29, 0.717) is 0 Å². The summed E-state index contributed by atoms with van der Waals surface area (Å²) in [5.74, 6) is 13.2. The lowest BCUT2D eigenvalue weighted by atomic mass is 10.1. The number of rotatable bonds is 20. The van der Waals surface area contributed by atoms with Gasteiger partial charge in [-0.2, -0.15) is 72.3 Å². The smallest absolute Gasteiger partial charge is 0.130 e. The maximum absolute atomic E-state index is 6.18. The quantitative estimate of drug-likeness (QED) is 0.134. The van der Waals surface area contributed by atoms with Crippen LogP contribution in [0, 0.1) is 0 Å². The maximum Gasteiger partial charge on any atom is 0.130 e. The highest BCUT2D eigenvalue weighted by Crippen LogP contribution is 2.34. The molecule has 0 spiro atoms. The summed E-state index contributed by atoms with van der Waals surface area (Å²) in [6.45, 7) is 1.48. The normalized spacial score (nSPS) is 11.2. The Morgan fingerprint density at radius 2 is 1.00 bits per heavy atom. The van der Waals surface area contributed by atoms with Crippen LogP contribution in [-0.2, 0) is 0 Å². The molecular formula is C24H36O2S6. The average molecular weight is 549 g/mol. The van der Waals surface area contributed by atoms with E-state index in [0.717, 1.165) is 77.5 Å². The predicted molar refractivity (Wildman–Crippen MR) is 161 cm³/mol. The Morgan fingerprint density at radius 1 is 0.562 bits per heavy atom. The lowest BCUT2D eigenvalue weighted by Gasteiger charge is -2.14. The first kappa shape index (κ1) is 28.6. The minimum atomic E-state index is 0.742. The van der Waals surface area contributed by atoms with Crippen LogP contribution in [0.5, 0.6) is 11.5 Å². The number of thioether (sulfide) groups is 4. The molecule has 0 N–H and O–H groups in total. The molecule has 2 rings (SSSR count). The molecular weight excluding hydrogens is 513 g/mol. The summed E-state index contributed by atoms with van der Waals surface area (Å²) in [5, 5.41) is 2.27. The zero-order valence-electron chi connectivity index (χ0n) is 18.7. The number of hydrogen-bond acceptors (Lipinski definition) is 8. The van der Waals surface area contributed by atoms with Crippen molar-refractivity contribution in [3.8, 4) is 11.5 Å². The van der Waals surface area contributed by atoms with E-state index in [4.69, 9.17) is 9.47 Å². The third-order valence-corrected chi connectivity index (χ3v) is 10.1. The van der Waals surface area contributed by atoms with E-state index in [1.54, 1.807) is 0 Å².